The van der Waals surface area contributed by atoms with Crippen molar-refractivity contribution in [2.24, 2.45) is 5.41 Å². The molecule has 0 radical (unpaired) electrons. The van der Waals surface area contributed by atoms with Crippen molar-refractivity contribution in [1.82, 2.24) is 10.6 Å². The number of phenolic OH excluding ortho intramolecular Hbond substituents is 1. The van der Waals surface area contributed by atoms with Gasteiger partial charge < -0.3 is 25.0 Å². The van der Waals surface area contributed by atoms with Gasteiger partial charge in [-0.05, 0) is 30.0 Å². The van der Waals surface area contributed by atoms with Crippen LogP contribution in [0.2, 0.25) is 0 Å². The number of rotatable bonds is 9. The van der Waals surface area contributed by atoms with E-state index in [-0.39, 0.29) is 31.2 Å². The summed E-state index contributed by atoms with van der Waals surface area (Å²) in [6.45, 7) is 7.61. The van der Waals surface area contributed by atoms with E-state index in [1.165, 1.54) is 12.1 Å². The zero-order valence-electron chi connectivity index (χ0n) is 19.1. The molecule has 0 aromatic heterocycles. The number of esters is 1. The fraction of sp³-hybridized carbons (Fsp3) is 0.591. The van der Waals surface area contributed by atoms with Gasteiger partial charge in [-0.15, -0.1) is 0 Å². The lowest BCUT2D eigenvalue weighted by Crippen LogP contribution is -2.57. The number of hydrogen-bond acceptors (Lipinski definition) is 5. The summed E-state index contributed by atoms with van der Waals surface area (Å²) in [7, 11) is 5.64. The second kappa shape index (κ2) is 10.4. The number of nitrogens with one attached hydrogen (secondary N) is 2. The molecule has 3 N–H and O–H groups in total. The molecule has 8 heteroatoms. The number of phenols is 1. The first kappa shape index (κ1) is 25.4. The van der Waals surface area contributed by atoms with Crippen molar-refractivity contribution in [3.05, 3.63) is 29.8 Å². The van der Waals surface area contributed by atoms with Gasteiger partial charge >= 0.3 is 5.97 Å². The summed E-state index contributed by atoms with van der Waals surface area (Å²) < 4.78 is 5.53. The molecule has 0 saturated carbocycles. The number of amides is 2. The molecule has 0 spiro atoms. The molecule has 0 saturated heterocycles. The Morgan fingerprint density at radius 1 is 1.07 bits per heavy atom. The summed E-state index contributed by atoms with van der Waals surface area (Å²) >= 11 is 0. The van der Waals surface area contributed by atoms with Crippen molar-refractivity contribution in [2.45, 2.75) is 46.2 Å². The standard InChI is InChI=1S/C22H35N3O5/c1-8-30-21(29)19(22(2,3)4)24-20(28)17(23-18(27)14-25(5,6)7)13-15-9-11-16(26)12-10-15/h9-12,17,19H,8,13-14H2,1-7H3,(H2-,23,24,26,27,28)/p+1/t17-,19+/m0/s1. The van der Waals surface area contributed by atoms with Crippen LogP contribution in [0.25, 0.3) is 0 Å². The molecule has 1 aromatic carbocycles. The van der Waals surface area contributed by atoms with E-state index < -0.39 is 29.4 Å². The minimum atomic E-state index is -0.882. The van der Waals surface area contributed by atoms with Crippen LogP contribution >= 0.6 is 0 Å². The molecular formula is C22H36N3O5+. The molecule has 168 valence electrons. The molecular weight excluding hydrogens is 386 g/mol. The Balaban J connectivity index is 3.07. The fourth-order valence-electron chi connectivity index (χ4n) is 2.85. The zero-order chi connectivity index (χ0) is 23.1. The lowest BCUT2D eigenvalue weighted by atomic mass is 9.86. The number of ether oxygens (including phenoxy) is 1. The Labute approximate surface area is 179 Å². The third-order valence-electron chi connectivity index (χ3n) is 4.32. The van der Waals surface area contributed by atoms with Crippen molar-refractivity contribution in [1.29, 1.82) is 0 Å². The molecule has 1 rings (SSSR count). The summed E-state index contributed by atoms with van der Waals surface area (Å²) in [4.78, 5) is 38.0. The molecule has 0 aliphatic rings. The van der Waals surface area contributed by atoms with Crippen LogP contribution in [0, 0.1) is 5.41 Å². The average Bonchev–Trinajstić information content (AvgIpc) is 2.58. The van der Waals surface area contributed by atoms with Crippen molar-refractivity contribution < 1.29 is 28.7 Å². The van der Waals surface area contributed by atoms with Crippen molar-refractivity contribution >= 4 is 17.8 Å². The first-order valence-corrected chi connectivity index (χ1v) is 10.1. The van der Waals surface area contributed by atoms with Crippen molar-refractivity contribution in [3.8, 4) is 5.75 Å². The van der Waals surface area contributed by atoms with E-state index in [0.29, 0.717) is 4.48 Å². The van der Waals surface area contributed by atoms with Gasteiger partial charge in [0.15, 0.2) is 6.54 Å². The zero-order valence-corrected chi connectivity index (χ0v) is 19.1. The summed E-state index contributed by atoms with van der Waals surface area (Å²) in [6.07, 6.45) is 0.217. The fourth-order valence-corrected chi connectivity index (χ4v) is 2.85. The highest BCUT2D eigenvalue weighted by atomic mass is 16.5. The molecule has 2 amide bonds. The van der Waals surface area contributed by atoms with Gasteiger partial charge in [-0.1, -0.05) is 32.9 Å². The average molecular weight is 423 g/mol. The van der Waals surface area contributed by atoms with E-state index in [1.54, 1.807) is 19.1 Å². The highest BCUT2D eigenvalue weighted by molar-refractivity contribution is 5.91. The van der Waals surface area contributed by atoms with Gasteiger partial charge in [0.1, 0.15) is 17.8 Å². The molecule has 0 heterocycles. The number of likely N-dealkylation sites (N-methyl/N-ethyl adjacent to an activating group) is 1. The van der Waals surface area contributed by atoms with E-state index >= 15 is 0 Å². The third kappa shape index (κ3) is 8.82. The molecule has 0 bridgehead atoms. The van der Waals surface area contributed by atoms with E-state index in [4.69, 9.17) is 4.74 Å². The Kier molecular flexibility index (Phi) is 8.84. The van der Waals surface area contributed by atoms with Gasteiger partial charge in [-0.2, -0.15) is 0 Å². The van der Waals surface area contributed by atoms with Crippen LogP contribution < -0.4 is 10.6 Å². The summed E-state index contributed by atoms with van der Waals surface area (Å²) in [5.74, 6) is -1.14. The maximum atomic E-state index is 13.1. The number of nitrogens with zero attached hydrogens (tertiary/aromatic N) is 1. The van der Waals surface area contributed by atoms with E-state index in [2.05, 4.69) is 10.6 Å². The second-order valence-corrected chi connectivity index (χ2v) is 9.50. The maximum absolute atomic E-state index is 13.1. The Hall–Kier alpha value is -2.61. The van der Waals surface area contributed by atoms with E-state index in [0.717, 1.165) is 5.56 Å². The SMILES string of the molecule is CCOC(=O)[C@@H](NC(=O)[C@H](Cc1ccc(O)cc1)NC(=O)C[N+](C)(C)C)C(C)(C)C. The Morgan fingerprint density at radius 2 is 1.63 bits per heavy atom. The quantitative estimate of drug-likeness (QED) is 0.410. The Bertz CT molecular complexity index is 733. The predicted molar refractivity (Wildman–Crippen MR) is 115 cm³/mol. The second-order valence-electron chi connectivity index (χ2n) is 9.50. The van der Waals surface area contributed by atoms with Crippen LogP contribution in [-0.2, 0) is 25.5 Å². The normalized spacial score (nSPS) is 13.8. The lowest BCUT2D eigenvalue weighted by Gasteiger charge is -2.31. The largest absolute Gasteiger partial charge is 0.508 e. The monoisotopic (exact) mass is 422 g/mol. The smallest absolute Gasteiger partial charge is 0.329 e. The molecule has 0 fully saturated rings. The molecule has 0 aliphatic carbocycles. The Morgan fingerprint density at radius 3 is 2.10 bits per heavy atom. The minimum absolute atomic E-state index is 0.115. The lowest BCUT2D eigenvalue weighted by molar-refractivity contribution is -0.862. The predicted octanol–water partition coefficient (Wildman–Crippen LogP) is 1.22. The van der Waals surface area contributed by atoms with E-state index in [1.807, 2.05) is 41.9 Å². The van der Waals surface area contributed by atoms with Gasteiger partial charge in [0.25, 0.3) is 5.91 Å². The van der Waals surface area contributed by atoms with Gasteiger partial charge in [-0.25, -0.2) is 4.79 Å². The summed E-state index contributed by atoms with van der Waals surface area (Å²) in [6, 6.07) is 4.68. The third-order valence-corrected chi connectivity index (χ3v) is 4.32. The number of benzene rings is 1. The molecule has 30 heavy (non-hydrogen) atoms. The van der Waals surface area contributed by atoms with Crippen LogP contribution in [0.5, 0.6) is 5.75 Å². The first-order valence-electron chi connectivity index (χ1n) is 10.1. The van der Waals surface area contributed by atoms with Gasteiger partial charge in [0, 0.05) is 6.42 Å². The molecule has 8 nitrogen and oxygen atoms in total. The van der Waals surface area contributed by atoms with Crippen LogP contribution in [0.1, 0.15) is 33.3 Å². The van der Waals surface area contributed by atoms with Crippen LogP contribution in [0.4, 0.5) is 0 Å². The highest BCUT2D eigenvalue weighted by Gasteiger charge is 2.36. The van der Waals surface area contributed by atoms with Crippen molar-refractivity contribution in [3.63, 3.8) is 0 Å². The van der Waals surface area contributed by atoms with Crippen molar-refractivity contribution in [2.75, 3.05) is 34.3 Å². The van der Waals surface area contributed by atoms with Crippen LogP contribution in [0.15, 0.2) is 24.3 Å². The molecule has 0 aliphatic heterocycles. The first-order chi connectivity index (χ1) is 13.7. The molecule has 1 aromatic rings. The number of aromatic hydroxyl groups is 1. The number of hydrogen-bond donors (Lipinski definition) is 3. The van der Waals surface area contributed by atoms with Gasteiger partial charge in [0.2, 0.25) is 5.91 Å². The van der Waals surface area contributed by atoms with Gasteiger partial charge in [0.05, 0.1) is 27.7 Å². The number of carbonyl (C=O) groups is 3. The summed E-state index contributed by atoms with van der Waals surface area (Å²) in [5, 5.41) is 15.0. The molecule has 2 atom stereocenters. The summed E-state index contributed by atoms with van der Waals surface area (Å²) in [5.41, 5.74) is 0.194. The molecule has 0 unspecified atom stereocenters. The van der Waals surface area contributed by atoms with Crippen LogP contribution in [-0.4, -0.2) is 73.8 Å². The van der Waals surface area contributed by atoms with Crippen LogP contribution in [0.3, 0.4) is 0 Å². The topological polar surface area (TPSA) is 105 Å². The maximum Gasteiger partial charge on any atom is 0.329 e. The van der Waals surface area contributed by atoms with E-state index in [9.17, 15) is 19.5 Å². The number of carbonyl (C=O) groups excluding carboxylic acids is 3. The highest BCUT2D eigenvalue weighted by Crippen LogP contribution is 2.21. The van der Waals surface area contributed by atoms with Gasteiger partial charge in [-0.3, -0.25) is 9.59 Å². The minimum Gasteiger partial charge on any atom is -0.508 e. The number of quaternary nitrogens is 1.